The predicted molar refractivity (Wildman–Crippen MR) is 84.4 cm³/mol. The van der Waals surface area contributed by atoms with Crippen LogP contribution in [0.3, 0.4) is 0 Å². The summed E-state index contributed by atoms with van der Waals surface area (Å²) in [5.74, 6) is 2.10. The van der Waals surface area contributed by atoms with Crippen LogP contribution in [0, 0.1) is 5.92 Å². The van der Waals surface area contributed by atoms with Gasteiger partial charge in [0.2, 0.25) is 0 Å². The fourth-order valence-electron chi connectivity index (χ4n) is 2.48. The van der Waals surface area contributed by atoms with Crippen molar-refractivity contribution in [3.8, 4) is 0 Å². The molecule has 1 atom stereocenters. The Hall–Kier alpha value is -1.92. The molecule has 0 aliphatic carbocycles. The van der Waals surface area contributed by atoms with E-state index in [-0.39, 0.29) is 6.04 Å². The Balaban J connectivity index is 1.79. The maximum Gasteiger partial charge on any atom is 0.149 e. The Bertz CT molecular complexity index is 779. The lowest BCUT2D eigenvalue weighted by Crippen LogP contribution is -2.27. The van der Waals surface area contributed by atoms with E-state index in [0.717, 1.165) is 22.6 Å². The summed E-state index contributed by atoms with van der Waals surface area (Å²) in [5.41, 5.74) is 0.747. The van der Waals surface area contributed by atoms with Crippen LogP contribution >= 0.6 is 11.6 Å². The molecule has 1 unspecified atom stereocenters. The molecule has 0 aromatic carbocycles. The molecule has 6 nitrogen and oxygen atoms in total. The van der Waals surface area contributed by atoms with E-state index < -0.39 is 0 Å². The summed E-state index contributed by atoms with van der Waals surface area (Å²) in [6.07, 6.45) is 3.35. The van der Waals surface area contributed by atoms with E-state index in [1.807, 2.05) is 23.7 Å². The van der Waals surface area contributed by atoms with Crippen molar-refractivity contribution in [2.45, 2.75) is 26.4 Å². The van der Waals surface area contributed by atoms with Crippen molar-refractivity contribution in [1.82, 2.24) is 25.1 Å². The number of halogens is 1. The van der Waals surface area contributed by atoms with Gasteiger partial charge in [-0.15, -0.1) is 10.2 Å². The summed E-state index contributed by atoms with van der Waals surface area (Å²) in [7, 11) is 1.94. The third kappa shape index (κ3) is 2.84. The van der Waals surface area contributed by atoms with Crippen LogP contribution in [0.5, 0.6) is 0 Å². The quantitative estimate of drug-likeness (QED) is 0.732. The number of aromatic nitrogens is 4. The molecule has 0 aliphatic rings. The molecule has 0 fully saturated rings. The first-order chi connectivity index (χ1) is 10.6. The third-order valence-corrected chi connectivity index (χ3v) is 3.94. The van der Waals surface area contributed by atoms with Gasteiger partial charge in [-0.2, -0.15) is 0 Å². The van der Waals surface area contributed by atoms with Gasteiger partial charge in [-0.25, -0.2) is 4.98 Å². The second-order valence-electron chi connectivity index (χ2n) is 5.63. The Kier molecular flexibility index (Phi) is 4.13. The number of hydrogen-bond acceptors (Lipinski definition) is 5. The fraction of sp³-hybridized carbons (Fsp3) is 0.400. The van der Waals surface area contributed by atoms with Crippen molar-refractivity contribution in [2.24, 2.45) is 13.0 Å². The summed E-state index contributed by atoms with van der Waals surface area (Å²) >= 11 is 6.07. The molecule has 3 aromatic heterocycles. The van der Waals surface area contributed by atoms with Gasteiger partial charge < -0.3 is 14.3 Å². The Morgan fingerprint density at radius 2 is 2.23 bits per heavy atom. The average molecular weight is 320 g/mol. The number of rotatable bonds is 5. The van der Waals surface area contributed by atoms with E-state index in [9.17, 15) is 0 Å². The van der Waals surface area contributed by atoms with E-state index in [0.29, 0.717) is 17.6 Å². The van der Waals surface area contributed by atoms with Gasteiger partial charge in [0.1, 0.15) is 28.6 Å². The lowest BCUT2D eigenvalue weighted by Gasteiger charge is -2.20. The second kappa shape index (κ2) is 6.06. The van der Waals surface area contributed by atoms with Crippen molar-refractivity contribution in [3.05, 3.63) is 41.4 Å². The molecule has 7 heteroatoms. The van der Waals surface area contributed by atoms with Crippen LogP contribution in [0.4, 0.5) is 0 Å². The van der Waals surface area contributed by atoms with E-state index in [2.05, 4.69) is 34.3 Å². The van der Waals surface area contributed by atoms with Gasteiger partial charge in [-0.3, -0.25) is 0 Å². The van der Waals surface area contributed by atoms with Gasteiger partial charge in [0.05, 0.1) is 18.0 Å². The van der Waals surface area contributed by atoms with Crippen molar-refractivity contribution in [2.75, 3.05) is 0 Å². The molecule has 0 bridgehead atoms. The molecule has 0 saturated heterocycles. The first-order valence-corrected chi connectivity index (χ1v) is 7.54. The van der Waals surface area contributed by atoms with Gasteiger partial charge in [-0.05, 0) is 18.1 Å². The number of nitrogens with zero attached hydrogens (tertiary/aromatic N) is 4. The van der Waals surface area contributed by atoms with Gasteiger partial charge >= 0.3 is 0 Å². The highest BCUT2D eigenvalue weighted by Crippen LogP contribution is 2.26. The Labute approximate surface area is 133 Å². The lowest BCUT2D eigenvalue weighted by atomic mass is 10.0. The zero-order valence-corrected chi connectivity index (χ0v) is 13.5. The van der Waals surface area contributed by atoms with Crippen molar-refractivity contribution >= 4 is 22.6 Å². The van der Waals surface area contributed by atoms with Crippen LogP contribution in [-0.4, -0.2) is 19.7 Å². The Morgan fingerprint density at radius 1 is 1.41 bits per heavy atom. The van der Waals surface area contributed by atoms with Crippen molar-refractivity contribution in [1.29, 1.82) is 0 Å². The fourth-order valence-corrected chi connectivity index (χ4v) is 2.68. The molecular weight excluding hydrogens is 302 g/mol. The molecule has 3 rings (SSSR count). The summed E-state index contributed by atoms with van der Waals surface area (Å²) in [5, 5.41) is 12.9. The number of hydrogen-bond donors (Lipinski definition) is 1. The second-order valence-corrected chi connectivity index (χ2v) is 5.99. The number of nitrogens with one attached hydrogen (secondary N) is 1. The minimum absolute atomic E-state index is 0.0920. The highest BCUT2D eigenvalue weighted by Gasteiger charge is 2.20. The molecular formula is C15H18ClN5O. The topological polar surface area (TPSA) is 68.8 Å². The molecule has 3 aromatic rings. The highest BCUT2D eigenvalue weighted by atomic mass is 35.5. The van der Waals surface area contributed by atoms with E-state index >= 15 is 0 Å². The Morgan fingerprint density at radius 3 is 2.86 bits per heavy atom. The van der Waals surface area contributed by atoms with Gasteiger partial charge in [0.15, 0.2) is 0 Å². The molecule has 1 N–H and O–H groups in total. The van der Waals surface area contributed by atoms with Crippen LogP contribution in [-0.2, 0) is 13.6 Å². The maximum absolute atomic E-state index is 6.07. The van der Waals surface area contributed by atoms with Crippen LogP contribution in [0.2, 0.25) is 5.15 Å². The van der Waals surface area contributed by atoms with Crippen LogP contribution in [0.25, 0.3) is 11.0 Å². The number of fused-ring (bicyclic) bond motifs is 1. The molecule has 0 amide bonds. The first kappa shape index (κ1) is 15.0. The summed E-state index contributed by atoms with van der Waals surface area (Å²) in [4.78, 5) is 4.06. The summed E-state index contributed by atoms with van der Waals surface area (Å²) in [6.45, 7) is 4.87. The molecule has 0 saturated carbocycles. The monoisotopic (exact) mass is 319 g/mol. The summed E-state index contributed by atoms with van der Waals surface area (Å²) < 4.78 is 7.72. The van der Waals surface area contributed by atoms with Crippen LogP contribution < -0.4 is 5.32 Å². The molecule has 0 spiro atoms. The predicted octanol–water partition coefficient (Wildman–Crippen LogP) is 3.10. The van der Waals surface area contributed by atoms with E-state index in [1.54, 1.807) is 12.5 Å². The molecule has 3 heterocycles. The van der Waals surface area contributed by atoms with E-state index in [1.165, 1.54) is 0 Å². The number of pyridine rings is 1. The largest absolute Gasteiger partial charge is 0.460 e. The number of aryl methyl sites for hydroxylation is 1. The molecule has 0 aliphatic heterocycles. The first-order valence-electron chi connectivity index (χ1n) is 7.16. The molecule has 22 heavy (non-hydrogen) atoms. The zero-order chi connectivity index (χ0) is 15.7. The van der Waals surface area contributed by atoms with Crippen molar-refractivity contribution in [3.63, 3.8) is 0 Å². The normalized spacial score (nSPS) is 13.1. The zero-order valence-electron chi connectivity index (χ0n) is 12.7. The summed E-state index contributed by atoms with van der Waals surface area (Å²) in [6, 6.07) is 3.83. The minimum atomic E-state index is 0.0920. The lowest BCUT2D eigenvalue weighted by molar-refractivity contribution is 0.367. The van der Waals surface area contributed by atoms with Gasteiger partial charge in [0, 0.05) is 13.2 Å². The number of furan rings is 1. The van der Waals surface area contributed by atoms with Crippen LogP contribution in [0.1, 0.15) is 31.5 Å². The smallest absolute Gasteiger partial charge is 0.149 e. The highest BCUT2D eigenvalue weighted by molar-refractivity contribution is 6.34. The molecule has 116 valence electrons. The van der Waals surface area contributed by atoms with Crippen LogP contribution in [0.15, 0.2) is 29.1 Å². The van der Waals surface area contributed by atoms with E-state index in [4.69, 9.17) is 16.0 Å². The molecule has 0 radical (unpaired) electrons. The standard InChI is InChI=1S/C15H18ClN5O/c1-9(2)13(15-20-19-8-21(15)3)18-7-10-6-11-12(22-10)4-5-17-14(11)16/h4-6,8-9,13,18H,7H2,1-3H3. The average Bonchev–Trinajstić information content (AvgIpc) is 3.06. The third-order valence-electron chi connectivity index (χ3n) is 3.64. The van der Waals surface area contributed by atoms with Gasteiger partial charge in [0.25, 0.3) is 0 Å². The van der Waals surface area contributed by atoms with Crippen molar-refractivity contribution < 1.29 is 4.42 Å². The SMILES string of the molecule is CC(C)C(NCc1cc2c(Cl)nccc2o1)c1nncn1C. The van der Waals surface area contributed by atoms with Gasteiger partial charge in [-0.1, -0.05) is 25.4 Å². The minimum Gasteiger partial charge on any atom is -0.460 e. The maximum atomic E-state index is 6.07.